The number of ether oxygens (including phenoxy) is 2. The molecule has 0 unspecified atom stereocenters. The van der Waals surface area contributed by atoms with Gasteiger partial charge in [0.2, 0.25) is 0 Å². The van der Waals surface area contributed by atoms with Gasteiger partial charge in [0.15, 0.2) is 0 Å². The van der Waals surface area contributed by atoms with Crippen molar-refractivity contribution in [3.05, 3.63) is 68.8 Å². The van der Waals surface area contributed by atoms with E-state index in [1.165, 1.54) is 49.9 Å². The average molecular weight is 707 g/mol. The summed E-state index contributed by atoms with van der Waals surface area (Å²) in [5, 5.41) is 22.1. The van der Waals surface area contributed by atoms with Crippen molar-refractivity contribution in [1.29, 1.82) is 0 Å². The van der Waals surface area contributed by atoms with Crippen molar-refractivity contribution in [1.82, 2.24) is 0 Å². The zero-order valence-electron chi connectivity index (χ0n) is 24.6. The van der Waals surface area contributed by atoms with Gasteiger partial charge in [-0.15, -0.1) is 0 Å². The Morgan fingerprint density at radius 3 is 1.33 bits per heavy atom. The molecular weight excluding hydrogens is 666 g/mol. The molecule has 2 aromatic rings. The predicted molar refractivity (Wildman–Crippen MR) is 163 cm³/mol. The van der Waals surface area contributed by atoms with Crippen LogP contribution in [0.5, 0.6) is 11.5 Å². The third-order valence-electron chi connectivity index (χ3n) is 11.4. The molecule has 0 heterocycles. The van der Waals surface area contributed by atoms with E-state index in [9.17, 15) is 20.2 Å². The molecule has 10 heteroatoms. The van der Waals surface area contributed by atoms with Crippen LogP contribution in [-0.2, 0) is 0 Å². The number of non-ortho nitro benzene ring substituents is 2. The third-order valence-corrected chi connectivity index (χ3v) is 21.5. The number of hydrogen-bond donors (Lipinski definition) is 0. The molecule has 0 N–H and O–H groups in total. The molecule has 226 valence electrons. The van der Waals surface area contributed by atoms with Gasteiger partial charge in [-0.05, 0) is 0 Å². The minimum atomic E-state index is -0.372. The summed E-state index contributed by atoms with van der Waals surface area (Å²) in [7, 11) is 0. The summed E-state index contributed by atoms with van der Waals surface area (Å²) in [5.74, 6) is 5.47. The fraction of sp³-hybridized carbons (Fsp3) is 0.625. The number of hydrogen-bond acceptors (Lipinski definition) is 6. The molecule has 6 fully saturated rings. The van der Waals surface area contributed by atoms with Crippen molar-refractivity contribution in [2.75, 3.05) is 13.2 Å². The summed E-state index contributed by atoms with van der Waals surface area (Å²) in [6, 6.07) is 13.0. The van der Waals surface area contributed by atoms with Crippen molar-refractivity contribution in [2.45, 2.75) is 63.0 Å². The molecular formula is C32H40N2O6Se2. The van der Waals surface area contributed by atoms with Gasteiger partial charge in [0.1, 0.15) is 0 Å². The fourth-order valence-corrected chi connectivity index (χ4v) is 19.9. The van der Waals surface area contributed by atoms with Gasteiger partial charge in [-0.25, -0.2) is 0 Å². The molecule has 0 aromatic heterocycles. The van der Waals surface area contributed by atoms with Crippen molar-refractivity contribution in [3.63, 3.8) is 0 Å². The van der Waals surface area contributed by atoms with E-state index in [1.807, 2.05) is 0 Å². The second-order valence-electron chi connectivity index (χ2n) is 13.9. The Bertz CT molecular complexity index is 1220. The van der Waals surface area contributed by atoms with Crippen LogP contribution in [0.4, 0.5) is 11.4 Å². The summed E-state index contributed by atoms with van der Waals surface area (Å²) in [4.78, 5) is 22.8. The number of nitro benzene ring substituents is 2. The van der Waals surface area contributed by atoms with Crippen LogP contribution in [0.3, 0.4) is 0 Å². The number of nitrogens with zero attached hydrogens (tertiary/aromatic N) is 2. The monoisotopic (exact) mass is 708 g/mol. The molecule has 0 spiro atoms. The SMILES string of the molecule is CC1(C)[C@H]2C[C@@H]([Se][Se][C@@H]3C[C@H]4C[C@@H]([C@@H]3COc3ccc([N+](=O)[O-])cc3)C4(C)C)[C@@H](COc3ccc([N+](=O)[O-])cc3)[C@@H]1C2. The Hall–Kier alpha value is -2.12. The zero-order valence-corrected chi connectivity index (χ0v) is 28.1. The van der Waals surface area contributed by atoms with Gasteiger partial charge in [-0.1, -0.05) is 0 Å². The first kappa shape index (κ1) is 29.9. The second-order valence-corrected chi connectivity index (χ2v) is 21.5. The molecule has 8 atom stereocenters. The third kappa shape index (κ3) is 5.49. The van der Waals surface area contributed by atoms with Gasteiger partial charge in [0, 0.05) is 0 Å². The van der Waals surface area contributed by atoms with Crippen molar-refractivity contribution in [3.8, 4) is 11.5 Å². The molecule has 6 aliphatic rings. The summed E-state index contributed by atoms with van der Waals surface area (Å²) in [6.07, 6.45) is 5.20. The van der Waals surface area contributed by atoms with Gasteiger partial charge in [-0.2, -0.15) is 0 Å². The van der Waals surface area contributed by atoms with Gasteiger partial charge in [-0.3, -0.25) is 0 Å². The van der Waals surface area contributed by atoms with Crippen molar-refractivity contribution < 1.29 is 19.3 Å². The van der Waals surface area contributed by atoms with Gasteiger partial charge in [0.25, 0.3) is 0 Å². The molecule has 2 aromatic carbocycles. The van der Waals surface area contributed by atoms with Crippen molar-refractivity contribution >= 4 is 37.6 Å². The molecule has 6 saturated carbocycles. The molecule has 4 bridgehead atoms. The van der Waals surface area contributed by atoms with E-state index < -0.39 is 0 Å². The first-order valence-corrected chi connectivity index (χ1v) is 21.3. The molecule has 0 amide bonds. The van der Waals surface area contributed by atoms with Crippen LogP contribution in [0.15, 0.2) is 48.5 Å². The maximum atomic E-state index is 11.1. The van der Waals surface area contributed by atoms with Crippen LogP contribution in [0, 0.1) is 66.6 Å². The van der Waals surface area contributed by atoms with E-state index in [-0.39, 0.29) is 21.2 Å². The normalized spacial score (nSPS) is 33.5. The molecule has 8 nitrogen and oxygen atoms in total. The number of nitro groups is 2. The molecule has 0 saturated heterocycles. The van der Waals surface area contributed by atoms with Gasteiger partial charge < -0.3 is 0 Å². The topological polar surface area (TPSA) is 105 Å². The Kier molecular flexibility index (Phi) is 8.14. The summed E-state index contributed by atoms with van der Waals surface area (Å²) >= 11 is 1.13. The number of fused-ring (bicyclic) bond motifs is 4. The van der Waals surface area contributed by atoms with E-state index in [0.717, 1.165) is 33.0 Å². The Morgan fingerprint density at radius 2 is 1.02 bits per heavy atom. The van der Waals surface area contributed by atoms with Crippen LogP contribution in [0.2, 0.25) is 9.63 Å². The summed E-state index contributed by atoms with van der Waals surface area (Å²) in [5.41, 5.74) is 0.905. The minimum absolute atomic E-state index is 0.0905. The van der Waals surface area contributed by atoms with Gasteiger partial charge >= 0.3 is 260 Å². The molecule has 42 heavy (non-hydrogen) atoms. The average Bonchev–Trinajstić information content (AvgIpc) is 2.98. The van der Waals surface area contributed by atoms with Crippen LogP contribution in [-0.4, -0.2) is 49.3 Å². The fourth-order valence-electron chi connectivity index (χ4n) is 8.32. The Morgan fingerprint density at radius 1 is 0.667 bits per heavy atom. The maximum absolute atomic E-state index is 11.1. The van der Waals surface area contributed by atoms with Crippen LogP contribution in [0.25, 0.3) is 0 Å². The van der Waals surface area contributed by atoms with E-state index in [2.05, 4.69) is 27.7 Å². The van der Waals surface area contributed by atoms with E-state index in [1.54, 1.807) is 24.3 Å². The number of rotatable bonds is 11. The first-order chi connectivity index (χ1) is 19.9. The van der Waals surface area contributed by atoms with Crippen LogP contribution < -0.4 is 9.47 Å². The van der Waals surface area contributed by atoms with Crippen LogP contribution >= 0.6 is 0 Å². The molecule has 0 radical (unpaired) electrons. The Balaban J connectivity index is 1.11. The second kappa shape index (κ2) is 11.4. The Labute approximate surface area is 258 Å². The zero-order chi connectivity index (χ0) is 29.8. The first-order valence-electron chi connectivity index (χ1n) is 15.0. The quantitative estimate of drug-likeness (QED) is 0.139. The van der Waals surface area contributed by atoms with E-state index >= 15 is 0 Å². The molecule has 8 rings (SSSR count). The summed E-state index contributed by atoms with van der Waals surface area (Å²) in [6.45, 7) is 11.1. The summed E-state index contributed by atoms with van der Waals surface area (Å²) < 4.78 is 12.6. The van der Waals surface area contributed by atoms with Crippen molar-refractivity contribution in [2.24, 2.45) is 46.3 Å². The predicted octanol–water partition coefficient (Wildman–Crippen LogP) is 7.23. The van der Waals surface area contributed by atoms with E-state index in [4.69, 9.17) is 9.47 Å². The van der Waals surface area contributed by atoms with E-state index in [0.29, 0.717) is 74.0 Å². The molecule has 0 aliphatic heterocycles. The van der Waals surface area contributed by atoms with Crippen LogP contribution in [0.1, 0.15) is 53.4 Å². The standard InChI is InChI=1S/C32H40N2O6Se2/c1-31(2)19-13-27(31)25(17-39-23-9-5-21(6-10-23)33(35)36)29(15-19)41-42-30-16-20-14-28(32(20,3)4)26(30)18-40-24-11-7-22(8-12-24)34(37)38/h5-12,19-20,25-30H,13-18H2,1-4H3/t19-,20-,25+,26+,27+,28+,29-,30-/m1/s1. The number of benzene rings is 2. The van der Waals surface area contributed by atoms with Gasteiger partial charge in [0.05, 0.1) is 0 Å². The molecule has 6 aliphatic carbocycles.